The number of hydrogen-bond acceptors (Lipinski definition) is 4. The Morgan fingerprint density at radius 3 is 2.70 bits per heavy atom. The van der Waals surface area contributed by atoms with E-state index in [1.54, 1.807) is 0 Å². The molecule has 0 radical (unpaired) electrons. The van der Waals surface area contributed by atoms with Crippen molar-refractivity contribution in [3.05, 3.63) is 42.1 Å². The molecule has 5 nitrogen and oxygen atoms in total. The van der Waals surface area contributed by atoms with Gasteiger partial charge in [-0.1, -0.05) is 18.2 Å². The summed E-state index contributed by atoms with van der Waals surface area (Å²) in [5.74, 6) is 0.816. The SMILES string of the molecule is Bc1cc(-c2cccc(C(=O)NCCN(C)C)c2)cnc1NC. The van der Waals surface area contributed by atoms with Gasteiger partial charge in [-0.15, -0.1) is 0 Å². The first kappa shape index (κ1) is 17.0. The van der Waals surface area contributed by atoms with Crippen LogP contribution in [0.25, 0.3) is 11.1 Å². The largest absolute Gasteiger partial charge is 0.374 e. The second-order valence-corrected chi connectivity index (χ2v) is 5.78. The highest BCUT2D eigenvalue weighted by atomic mass is 16.1. The van der Waals surface area contributed by atoms with Crippen LogP contribution in [-0.2, 0) is 0 Å². The number of hydrogen-bond donors (Lipinski definition) is 2. The van der Waals surface area contributed by atoms with Gasteiger partial charge in [0.05, 0.1) is 0 Å². The highest BCUT2D eigenvalue weighted by Crippen LogP contribution is 2.19. The Hall–Kier alpha value is -2.34. The molecular formula is C17H23BN4O. The maximum atomic E-state index is 12.2. The Balaban J connectivity index is 2.16. The molecule has 1 aromatic carbocycles. The van der Waals surface area contributed by atoms with Gasteiger partial charge in [-0.2, -0.15) is 0 Å². The molecule has 0 aliphatic carbocycles. The number of carbonyl (C=O) groups is 1. The first-order valence-corrected chi connectivity index (χ1v) is 7.69. The minimum Gasteiger partial charge on any atom is -0.374 e. The Labute approximate surface area is 138 Å². The number of likely N-dealkylation sites (N-methyl/N-ethyl adjacent to an activating group) is 1. The first-order valence-electron chi connectivity index (χ1n) is 7.69. The summed E-state index contributed by atoms with van der Waals surface area (Å²) in [5.41, 5.74) is 3.73. The van der Waals surface area contributed by atoms with Gasteiger partial charge in [0.15, 0.2) is 0 Å². The molecule has 0 spiro atoms. The van der Waals surface area contributed by atoms with Gasteiger partial charge < -0.3 is 15.5 Å². The zero-order valence-corrected chi connectivity index (χ0v) is 14.2. The molecule has 1 amide bonds. The zero-order valence-electron chi connectivity index (χ0n) is 14.2. The number of carbonyl (C=O) groups excluding carboxylic acids is 1. The molecule has 1 heterocycles. The van der Waals surface area contributed by atoms with Crippen LogP contribution in [0, 0.1) is 0 Å². The fourth-order valence-corrected chi connectivity index (χ4v) is 2.33. The van der Waals surface area contributed by atoms with Crippen LogP contribution in [0.15, 0.2) is 36.5 Å². The van der Waals surface area contributed by atoms with Crippen LogP contribution in [0.5, 0.6) is 0 Å². The van der Waals surface area contributed by atoms with Crippen molar-refractivity contribution in [2.45, 2.75) is 0 Å². The van der Waals surface area contributed by atoms with Crippen LogP contribution in [0.1, 0.15) is 10.4 Å². The molecule has 2 rings (SSSR count). The van der Waals surface area contributed by atoms with Gasteiger partial charge in [0.1, 0.15) is 13.7 Å². The average molecular weight is 310 g/mol. The van der Waals surface area contributed by atoms with E-state index in [0.717, 1.165) is 29.0 Å². The minimum atomic E-state index is -0.0507. The van der Waals surface area contributed by atoms with Gasteiger partial charge in [0, 0.05) is 31.9 Å². The molecule has 0 saturated heterocycles. The van der Waals surface area contributed by atoms with Gasteiger partial charge in [-0.3, -0.25) is 4.79 Å². The summed E-state index contributed by atoms with van der Waals surface area (Å²) >= 11 is 0. The Bertz CT molecular complexity index is 688. The van der Waals surface area contributed by atoms with Crippen molar-refractivity contribution in [1.29, 1.82) is 0 Å². The van der Waals surface area contributed by atoms with Gasteiger partial charge in [0.2, 0.25) is 0 Å². The Kier molecular flexibility index (Phi) is 5.76. The summed E-state index contributed by atoms with van der Waals surface area (Å²) in [6, 6.07) is 9.70. The van der Waals surface area contributed by atoms with Crippen molar-refractivity contribution >= 4 is 25.0 Å². The van der Waals surface area contributed by atoms with Crippen LogP contribution in [-0.4, -0.2) is 57.9 Å². The summed E-state index contributed by atoms with van der Waals surface area (Å²) in [4.78, 5) is 18.7. The van der Waals surface area contributed by atoms with Crippen molar-refractivity contribution in [2.24, 2.45) is 0 Å². The standard InChI is InChI=1S/C17H23BN4O/c1-19-16-15(18)10-14(11-21-16)12-5-4-6-13(9-12)17(23)20-7-8-22(2)3/h4-6,9-11H,7-8,18H2,1-3H3,(H,19,21)(H,20,23). The molecule has 0 fully saturated rings. The number of rotatable bonds is 6. The smallest absolute Gasteiger partial charge is 0.251 e. The average Bonchev–Trinajstić information content (AvgIpc) is 2.54. The van der Waals surface area contributed by atoms with Crippen LogP contribution in [0.4, 0.5) is 5.82 Å². The lowest BCUT2D eigenvalue weighted by Gasteiger charge is -2.11. The van der Waals surface area contributed by atoms with E-state index in [9.17, 15) is 4.79 Å². The number of nitrogens with zero attached hydrogens (tertiary/aromatic N) is 2. The molecule has 0 atom stereocenters. The molecule has 1 aromatic heterocycles. The molecule has 2 N–H and O–H groups in total. The highest BCUT2D eigenvalue weighted by Gasteiger charge is 2.08. The van der Waals surface area contributed by atoms with Gasteiger partial charge in [-0.25, -0.2) is 4.98 Å². The van der Waals surface area contributed by atoms with E-state index in [4.69, 9.17) is 0 Å². The third kappa shape index (κ3) is 4.56. The quantitative estimate of drug-likeness (QED) is 0.756. The van der Waals surface area contributed by atoms with Crippen molar-refractivity contribution in [1.82, 2.24) is 15.2 Å². The molecule has 2 aromatic rings. The van der Waals surface area contributed by atoms with E-state index in [0.29, 0.717) is 12.1 Å². The highest BCUT2D eigenvalue weighted by molar-refractivity contribution is 6.35. The molecule has 120 valence electrons. The first-order chi connectivity index (χ1) is 11.0. The predicted molar refractivity (Wildman–Crippen MR) is 98.3 cm³/mol. The van der Waals surface area contributed by atoms with E-state index < -0.39 is 0 Å². The Morgan fingerprint density at radius 1 is 1.26 bits per heavy atom. The second kappa shape index (κ2) is 7.79. The third-order valence-corrected chi connectivity index (χ3v) is 3.62. The molecule has 23 heavy (non-hydrogen) atoms. The number of benzene rings is 1. The number of amides is 1. The molecule has 0 aliphatic rings. The summed E-state index contributed by atoms with van der Waals surface area (Å²) in [5, 5.41) is 5.99. The zero-order chi connectivity index (χ0) is 16.8. The van der Waals surface area contributed by atoms with E-state index in [2.05, 4.69) is 21.7 Å². The summed E-state index contributed by atoms with van der Waals surface area (Å²) in [7, 11) is 7.84. The van der Waals surface area contributed by atoms with Crippen molar-refractivity contribution in [2.75, 3.05) is 39.5 Å². The number of pyridine rings is 1. The number of anilines is 1. The van der Waals surface area contributed by atoms with Gasteiger partial charge in [-0.05, 0) is 42.8 Å². The van der Waals surface area contributed by atoms with Crippen LogP contribution in [0.2, 0.25) is 0 Å². The molecule has 0 unspecified atom stereocenters. The summed E-state index contributed by atoms with van der Waals surface area (Å²) in [6.45, 7) is 1.45. The van der Waals surface area contributed by atoms with Crippen molar-refractivity contribution < 1.29 is 4.79 Å². The van der Waals surface area contributed by atoms with E-state index >= 15 is 0 Å². The minimum absolute atomic E-state index is 0.0507. The van der Waals surface area contributed by atoms with Gasteiger partial charge >= 0.3 is 0 Å². The lowest BCUT2D eigenvalue weighted by molar-refractivity contribution is 0.0951. The maximum absolute atomic E-state index is 12.2. The normalized spacial score (nSPS) is 10.6. The number of nitrogens with one attached hydrogen (secondary N) is 2. The summed E-state index contributed by atoms with van der Waals surface area (Å²) < 4.78 is 0. The predicted octanol–water partition coefficient (Wildman–Crippen LogP) is 0.340. The molecule has 0 bridgehead atoms. The Morgan fingerprint density at radius 2 is 2.04 bits per heavy atom. The summed E-state index contributed by atoms with van der Waals surface area (Å²) in [6.07, 6.45) is 1.82. The monoisotopic (exact) mass is 310 g/mol. The number of aromatic nitrogens is 1. The topological polar surface area (TPSA) is 57.3 Å². The van der Waals surface area contributed by atoms with E-state index in [-0.39, 0.29) is 5.91 Å². The third-order valence-electron chi connectivity index (χ3n) is 3.62. The van der Waals surface area contributed by atoms with Crippen LogP contribution < -0.4 is 16.1 Å². The lowest BCUT2D eigenvalue weighted by atomic mass is 9.93. The van der Waals surface area contributed by atoms with E-state index in [1.165, 1.54) is 0 Å². The lowest BCUT2D eigenvalue weighted by Crippen LogP contribution is -2.31. The van der Waals surface area contributed by atoms with Crippen molar-refractivity contribution in [3.63, 3.8) is 0 Å². The van der Waals surface area contributed by atoms with E-state index in [1.807, 2.05) is 64.4 Å². The second-order valence-electron chi connectivity index (χ2n) is 5.78. The van der Waals surface area contributed by atoms with Crippen LogP contribution in [0.3, 0.4) is 0 Å². The molecule has 0 aliphatic heterocycles. The fourth-order valence-electron chi connectivity index (χ4n) is 2.33. The fraction of sp³-hybridized carbons (Fsp3) is 0.294. The molecule has 0 saturated carbocycles. The van der Waals surface area contributed by atoms with Crippen LogP contribution >= 0.6 is 0 Å². The molecule has 6 heteroatoms. The van der Waals surface area contributed by atoms with Crippen molar-refractivity contribution in [3.8, 4) is 11.1 Å². The van der Waals surface area contributed by atoms with Gasteiger partial charge in [0.25, 0.3) is 5.91 Å². The maximum Gasteiger partial charge on any atom is 0.251 e. The molecular weight excluding hydrogens is 287 g/mol.